The monoisotopic (exact) mass is 527 g/mol. The number of hydrogen-bond donors (Lipinski definition) is 1. The molecule has 0 unspecified atom stereocenters. The van der Waals surface area contributed by atoms with E-state index < -0.39 is 22.2 Å². The third-order valence-electron chi connectivity index (χ3n) is 6.35. The fraction of sp³-hybridized carbons (Fsp3) is 0.500. The van der Waals surface area contributed by atoms with Gasteiger partial charge in [0.2, 0.25) is 15.9 Å². The summed E-state index contributed by atoms with van der Waals surface area (Å²) in [6, 6.07) is 9.68. The van der Waals surface area contributed by atoms with Crippen molar-refractivity contribution in [1.82, 2.24) is 14.2 Å². The highest BCUT2D eigenvalue weighted by molar-refractivity contribution is 7.89. The fourth-order valence-electron chi connectivity index (χ4n) is 4.04. The minimum Gasteiger partial charge on any atom is -0.487 e. The maximum Gasteiger partial charge on any atom is 0.247 e. The first-order valence-electron chi connectivity index (χ1n) is 12.6. The number of likely N-dealkylation sites (N-methyl/N-ethyl adjacent to an activating group) is 1. The topological polar surface area (TPSA) is 100 Å². The van der Waals surface area contributed by atoms with Crippen molar-refractivity contribution in [2.45, 2.75) is 57.6 Å². The summed E-state index contributed by atoms with van der Waals surface area (Å²) in [6.07, 6.45) is 2.05. The quantitative estimate of drug-likeness (QED) is 0.556. The number of aliphatic hydroxyl groups excluding tert-OH is 1. The van der Waals surface area contributed by atoms with Crippen molar-refractivity contribution in [2.24, 2.45) is 11.8 Å². The van der Waals surface area contributed by atoms with Crippen molar-refractivity contribution >= 4 is 15.9 Å². The summed E-state index contributed by atoms with van der Waals surface area (Å²) < 4.78 is 34.9. The molecule has 1 aliphatic rings. The maximum atomic E-state index is 13.6. The van der Waals surface area contributed by atoms with Crippen LogP contribution >= 0.6 is 0 Å². The van der Waals surface area contributed by atoms with Crippen LogP contribution < -0.4 is 4.74 Å². The molecule has 1 N–H and O–H groups in total. The lowest BCUT2D eigenvalue weighted by Gasteiger charge is -2.37. The predicted octanol–water partition coefficient (Wildman–Crippen LogP) is 2.95. The van der Waals surface area contributed by atoms with Crippen LogP contribution in [-0.2, 0) is 21.2 Å². The van der Waals surface area contributed by atoms with Crippen molar-refractivity contribution in [3.63, 3.8) is 0 Å². The molecular weight excluding hydrogens is 490 g/mol. The molecule has 0 saturated carbocycles. The lowest BCUT2D eigenvalue weighted by atomic mass is 10.0. The van der Waals surface area contributed by atoms with Gasteiger partial charge in [0.25, 0.3) is 0 Å². The minimum atomic E-state index is -3.94. The van der Waals surface area contributed by atoms with E-state index in [1.165, 1.54) is 10.4 Å². The molecule has 2 heterocycles. The zero-order valence-electron chi connectivity index (χ0n) is 22.2. The summed E-state index contributed by atoms with van der Waals surface area (Å²) in [5.41, 5.74) is 1.33. The molecule has 0 radical (unpaired) electrons. The molecule has 8 nitrogen and oxygen atoms in total. The summed E-state index contributed by atoms with van der Waals surface area (Å²) in [5.74, 6) is 6.47. The third kappa shape index (κ3) is 7.31. The molecule has 2 aromatic rings. The van der Waals surface area contributed by atoms with Crippen LogP contribution in [0.4, 0.5) is 0 Å². The van der Waals surface area contributed by atoms with Crippen molar-refractivity contribution in [1.29, 1.82) is 0 Å². The van der Waals surface area contributed by atoms with E-state index in [1.54, 1.807) is 49.3 Å². The van der Waals surface area contributed by atoms with Crippen LogP contribution in [0.15, 0.2) is 47.5 Å². The van der Waals surface area contributed by atoms with Gasteiger partial charge in [0.05, 0.1) is 19.6 Å². The lowest BCUT2D eigenvalue weighted by Crippen LogP contribution is -2.50. The van der Waals surface area contributed by atoms with Crippen LogP contribution in [0.1, 0.15) is 45.4 Å². The Morgan fingerprint density at radius 1 is 1.27 bits per heavy atom. The normalized spacial score (nSPS) is 20.0. The van der Waals surface area contributed by atoms with Crippen LogP contribution in [0.25, 0.3) is 0 Å². The van der Waals surface area contributed by atoms with Gasteiger partial charge in [-0.3, -0.25) is 9.78 Å². The number of ether oxygens (including phenoxy) is 1. The summed E-state index contributed by atoms with van der Waals surface area (Å²) in [6.45, 7) is 7.83. The number of carbonyl (C=O) groups is 1. The summed E-state index contributed by atoms with van der Waals surface area (Å²) >= 11 is 0. The standard InChI is InChI=1S/C28H37N3O5S/c1-20(2)9-8-10-23-12-13-27-25(15-23)36-26(21(3)17-31(22(4)19-32)37(27,34)35)18-30(5)28(33)16-24-11-6-7-14-29-24/h6-7,11-15,20-22,26,32H,9,16-19H2,1-5H3/t21-,22-,26+/m1/s1. The van der Waals surface area contributed by atoms with E-state index in [1.807, 2.05) is 13.0 Å². The van der Waals surface area contributed by atoms with E-state index in [0.717, 1.165) is 6.42 Å². The highest BCUT2D eigenvalue weighted by atomic mass is 32.2. The van der Waals surface area contributed by atoms with Gasteiger partial charge >= 0.3 is 0 Å². The molecule has 1 aromatic heterocycles. The van der Waals surface area contributed by atoms with Crippen molar-refractivity contribution in [3.8, 4) is 17.6 Å². The van der Waals surface area contributed by atoms with Crippen LogP contribution in [0.3, 0.4) is 0 Å². The average molecular weight is 528 g/mol. The number of nitrogens with zero attached hydrogens (tertiary/aromatic N) is 3. The first-order valence-corrected chi connectivity index (χ1v) is 14.0. The lowest BCUT2D eigenvalue weighted by molar-refractivity contribution is -0.130. The van der Waals surface area contributed by atoms with Crippen molar-refractivity contribution in [2.75, 3.05) is 26.7 Å². The summed E-state index contributed by atoms with van der Waals surface area (Å²) in [4.78, 5) is 18.8. The Balaban J connectivity index is 1.95. The molecule has 0 aliphatic carbocycles. The zero-order valence-corrected chi connectivity index (χ0v) is 23.0. The Hall–Kier alpha value is -2.93. The average Bonchev–Trinajstić information content (AvgIpc) is 2.86. The van der Waals surface area contributed by atoms with Gasteiger partial charge in [-0.2, -0.15) is 4.31 Å². The summed E-state index contributed by atoms with van der Waals surface area (Å²) in [7, 11) is -2.23. The number of aliphatic hydroxyl groups is 1. The van der Waals surface area contributed by atoms with Crippen molar-refractivity contribution < 1.29 is 23.1 Å². The van der Waals surface area contributed by atoms with Gasteiger partial charge in [0.15, 0.2) is 0 Å². The Morgan fingerprint density at radius 3 is 2.68 bits per heavy atom. The highest BCUT2D eigenvalue weighted by Crippen LogP contribution is 2.34. The van der Waals surface area contributed by atoms with Gasteiger partial charge in [-0.25, -0.2) is 8.42 Å². The Labute approximate surface area is 220 Å². The van der Waals surface area contributed by atoms with E-state index in [-0.39, 0.29) is 48.6 Å². The van der Waals surface area contributed by atoms with Gasteiger partial charge in [0, 0.05) is 49.4 Å². The second kappa shape index (κ2) is 12.5. The van der Waals surface area contributed by atoms with Gasteiger partial charge in [-0.15, -0.1) is 0 Å². The Morgan fingerprint density at radius 2 is 2.03 bits per heavy atom. The SMILES string of the molecule is CC(C)CC#Cc1ccc2c(c1)O[C@@H](CN(C)C(=O)Cc1ccccn1)[C@H](C)CN([C@H](C)CO)S2(=O)=O. The number of fused-ring (bicyclic) bond motifs is 1. The van der Waals surface area contributed by atoms with Gasteiger partial charge in [0.1, 0.15) is 16.7 Å². The molecule has 1 amide bonds. The molecule has 1 aliphatic heterocycles. The molecule has 200 valence electrons. The number of hydrogen-bond acceptors (Lipinski definition) is 6. The molecule has 0 spiro atoms. The Bertz CT molecular complexity index is 1240. The number of benzene rings is 1. The second-order valence-corrected chi connectivity index (χ2v) is 11.9. The molecule has 3 atom stereocenters. The number of carbonyl (C=O) groups excluding carboxylic acids is 1. The molecule has 9 heteroatoms. The molecule has 0 fully saturated rings. The second-order valence-electron chi connectivity index (χ2n) is 10.1. The number of sulfonamides is 1. The van der Waals surface area contributed by atoms with Crippen LogP contribution in [-0.4, -0.2) is 72.5 Å². The zero-order chi connectivity index (χ0) is 27.2. The largest absolute Gasteiger partial charge is 0.487 e. The maximum absolute atomic E-state index is 13.6. The number of rotatable bonds is 7. The first kappa shape index (κ1) is 28.6. The van der Waals surface area contributed by atoms with Crippen LogP contribution in [0.2, 0.25) is 0 Å². The molecule has 37 heavy (non-hydrogen) atoms. The summed E-state index contributed by atoms with van der Waals surface area (Å²) in [5, 5.41) is 9.81. The van der Waals surface area contributed by atoms with E-state index in [9.17, 15) is 18.3 Å². The molecule has 0 bridgehead atoms. The molecule has 1 aromatic carbocycles. The number of amides is 1. The van der Waals surface area contributed by atoms with E-state index >= 15 is 0 Å². The van der Waals surface area contributed by atoms with Gasteiger partial charge in [-0.05, 0) is 43.2 Å². The number of aromatic nitrogens is 1. The smallest absolute Gasteiger partial charge is 0.247 e. The van der Waals surface area contributed by atoms with Crippen LogP contribution in [0, 0.1) is 23.7 Å². The van der Waals surface area contributed by atoms with E-state index in [0.29, 0.717) is 17.2 Å². The Kier molecular flexibility index (Phi) is 9.71. The third-order valence-corrected chi connectivity index (χ3v) is 8.37. The molecule has 0 saturated heterocycles. The first-order chi connectivity index (χ1) is 17.5. The van der Waals surface area contributed by atoms with E-state index in [2.05, 4.69) is 30.7 Å². The minimum absolute atomic E-state index is 0.0292. The number of pyridine rings is 1. The van der Waals surface area contributed by atoms with Crippen molar-refractivity contribution in [3.05, 3.63) is 53.9 Å². The molecular formula is C28H37N3O5S. The fourth-order valence-corrected chi connectivity index (χ4v) is 5.87. The van der Waals surface area contributed by atoms with E-state index in [4.69, 9.17) is 4.74 Å². The van der Waals surface area contributed by atoms with Crippen LogP contribution in [0.5, 0.6) is 5.75 Å². The molecule has 3 rings (SSSR count). The highest BCUT2D eigenvalue weighted by Gasteiger charge is 2.38. The van der Waals surface area contributed by atoms with Gasteiger partial charge in [-0.1, -0.05) is 38.7 Å². The predicted molar refractivity (Wildman–Crippen MR) is 142 cm³/mol. The van der Waals surface area contributed by atoms with Gasteiger partial charge < -0.3 is 14.7 Å².